The zero-order valence-electron chi connectivity index (χ0n) is 27.4. The summed E-state index contributed by atoms with van der Waals surface area (Å²) < 4.78 is 5.23. The molecule has 2 fully saturated rings. The minimum Gasteiger partial charge on any atom is -0.479 e. The summed E-state index contributed by atoms with van der Waals surface area (Å²) in [5.41, 5.74) is 0.0271. The third kappa shape index (κ3) is 9.88. The highest BCUT2D eigenvalue weighted by atomic mass is 16.5. The average Bonchev–Trinajstić information content (AvgIpc) is 3.63. The zero-order chi connectivity index (χ0) is 34.8. The van der Waals surface area contributed by atoms with Crippen LogP contribution in [0.1, 0.15) is 76.8 Å². The number of Topliss-reactive ketones (excluding diaryl/α,β-unsaturated/α-hetero) is 1. The Morgan fingerprint density at radius 1 is 1.06 bits per heavy atom. The predicted octanol–water partition coefficient (Wildman–Crippen LogP) is 1.75. The molecule has 260 valence electrons. The Balaban J connectivity index is 1.45. The lowest BCUT2D eigenvalue weighted by molar-refractivity contribution is -0.143. The van der Waals surface area contributed by atoms with E-state index in [9.17, 15) is 38.7 Å². The van der Waals surface area contributed by atoms with Crippen molar-refractivity contribution in [2.45, 2.75) is 89.4 Å². The number of rotatable bonds is 10. The number of nitrogens with one attached hydrogen (secondary N) is 4. The SMILES string of the molecule is CC(C)COC(=O)N[C@@H]1CC/C=C/CC2(CC2)CC(C(=O)C(=O)NCC(=O)N[C@H](C(=O)O)c2ccccc2)NC(=O)[C@@H]2CCCN2C1=O. The predicted molar refractivity (Wildman–Crippen MR) is 172 cm³/mol. The van der Waals surface area contributed by atoms with Crippen molar-refractivity contribution in [2.24, 2.45) is 11.3 Å². The summed E-state index contributed by atoms with van der Waals surface area (Å²) >= 11 is 0. The first kappa shape index (κ1) is 36.1. The first-order chi connectivity index (χ1) is 22.9. The molecule has 5 amide bonds. The van der Waals surface area contributed by atoms with E-state index in [4.69, 9.17) is 4.74 Å². The number of aliphatic carboxylic acids is 1. The van der Waals surface area contributed by atoms with Gasteiger partial charge in [0.1, 0.15) is 12.1 Å². The normalized spacial score (nSPS) is 23.6. The molecule has 1 aromatic rings. The fourth-order valence-electron chi connectivity index (χ4n) is 6.03. The quantitative estimate of drug-likeness (QED) is 0.182. The first-order valence-corrected chi connectivity index (χ1v) is 16.5. The maximum atomic E-state index is 13.7. The van der Waals surface area contributed by atoms with E-state index in [1.165, 1.54) is 17.0 Å². The molecule has 1 saturated heterocycles. The van der Waals surface area contributed by atoms with Gasteiger partial charge in [-0.25, -0.2) is 9.59 Å². The Morgan fingerprint density at radius 3 is 2.46 bits per heavy atom. The Kier molecular flexibility index (Phi) is 12.3. The number of hydrogen-bond acceptors (Lipinski definition) is 8. The number of nitrogens with zero attached hydrogens (tertiary/aromatic N) is 1. The molecule has 1 aliphatic carbocycles. The molecule has 3 aliphatic rings. The molecular weight excluding hydrogens is 622 g/mol. The van der Waals surface area contributed by atoms with Crippen molar-refractivity contribution in [1.29, 1.82) is 0 Å². The van der Waals surface area contributed by atoms with Gasteiger partial charge in [0.15, 0.2) is 6.04 Å². The van der Waals surface area contributed by atoms with Gasteiger partial charge < -0.3 is 36.0 Å². The number of alkyl carbamates (subject to hydrolysis) is 1. The number of carboxylic acids is 1. The largest absolute Gasteiger partial charge is 0.479 e. The van der Waals surface area contributed by atoms with Gasteiger partial charge in [-0.15, -0.1) is 0 Å². The minimum atomic E-state index is -1.36. The first-order valence-electron chi connectivity index (χ1n) is 16.5. The summed E-state index contributed by atoms with van der Waals surface area (Å²) in [5, 5.41) is 19.6. The summed E-state index contributed by atoms with van der Waals surface area (Å²) in [4.78, 5) is 92.0. The van der Waals surface area contributed by atoms with E-state index < -0.39 is 72.2 Å². The number of fused-ring (bicyclic) bond motifs is 1. The number of carbonyl (C=O) groups excluding carboxylic acids is 6. The van der Waals surface area contributed by atoms with Crippen LogP contribution in [0, 0.1) is 11.3 Å². The van der Waals surface area contributed by atoms with Crippen LogP contribution >= 0.6 is 0 Å². The highest BCUT2D eigenvalue weighted by molar-refractivity contribution is 6.38. The molecule has 0 aromatic heterocycles. The lowest BCUT2D eigenvalue weighted by Gasteiger charge is -2.30. The van der Waals surface area contributed by atoms with Gasteiger partial charge in [-0.05, 0) is 68.3 Å². The molecule has 14 nitrogen and oxygen atoms in total. The molecule has 0 radical (unpaired) electrons. The standard InChI is InChI=1S/C34H45N5O9/c1-21(2)20-48-33(47)37-23-12-7-4-8-14-34(15-16-34)18-24(36-29(42)25-13-9-17-39(25)31(23)44)28(41)30(43)35-19-26(40)38-27(32(45)46)22-10-5-3-6-11-22/h3-6,8,10-11,21,23-25,27H,7,9,12-20H2,1-2H3,(H,35,43)(H,36,42)(H,37,47)(H,38,40)(H,45,46)/b8-4+/t23-,24?,25+,27+/m1/s1. The average molecular weight is 668 g/mol. The van der Waals surface area contributed by atoms with Gasteiger partial charge in [0, 0.05) is 6.54 Å². The Bertz CT molecular complexity index is 1410. The molecule has 1 saturated carbocycles. The molecule has 2 aliphatic heterocycles. The second-order valence-electron chi connectivity index (χ2n) is 13.2. The van der Waals surface area contributed by atoms with Gasteiger partial charge in [-0.1, -0.05) is 56.3 Å². The van der Waals surface area contributed by atoms with Crippen molar-refractivity contribution < 1.29 is 43.4 Å². The lowest BCUT2D eigenvalue weighted by atomic mass is 9.90. The van der Waals surface area contributed by atoms with Crippen molar-refractivity contribution in [3.05, 3.63) is 48.0 Å². The van der Waals surface area contributed by atoms with Crippen molar-refractivity contribution in [1.82, 2.24) is 26.2 Å². The smallest absolute Gasteiger partial charge is 0.407 e. The van der Waals surface area contributed by atoms with Crippen LogP contribution < -0.4 is 21.3 Å². The van der Waals surface area contributed by atoms with Crippen LogP contribution in [0.2, 0.25) is 0 Å². The van der Waals surface area contributed by atoms with E-state index in [1.54, 1.807) is 18.2 Å². The number of hydrogen-bond donors (Lipinski definition) is 5. The molecular formula is C34H45N5O9. The van der Waals surface area contributed by atoms with E-state index >= 15 is 0 Å². The maximum absolute atomic E-state index is 13.7. The highest BCUT2D eigenvalue weighted by Gasteiger charge is 2.47. The Hall–Kier alpha value is -4.75. The van der Waals surface area contributed by atoms with E-state index in [-0.39, 0.29) is 30.9 Å². The zero-order valence-corrected chi connectivity index (χ0v) is 27.4. The number of benzene rings is 1. The molecule has 1 spiro atoms. The number of carbonyl (C=O) groups is 7. The molecule has 4 atom stereocenters. The van der Waals surface area contributed by atoms with Crippen LogP contribution in [0.25, 0.3) is 0 Å². The second kappa shape index (κ2) is 16.4. The van der Waals surface area contributed by atoms with Gasteiger partial charge in [-0.3, -0.25) is 24.0 Å². The van der Waals surface area contributed by atoms with Gasteiger partial charge >= 0.3 is 12.1 Å². The fourth-order valence-corrected chi connectivity index (χ4v) is 6.03. The van der Waals surface area contributed by atoms with E-state index in [0.717, 1.165) is 12.8 Å². The number of allylic oxidation sites excluding steroid dienone is 2. The van der Waals surface area contributed by atoms with E-state index in [2.05, 4.69) is 21.3 Å². The minimum absolute atomic E-state index is 0.110. The van der Waals surface area contributed by atoms with Gasteiger partial charge in [0.2, 0.25) is 23.5 Å². The summed E-state index contributed by atoms with van der Waals surface area (Å²) in [6.45, 7) is 3.60. The summed E-state index contributed by atoms with van der Waals surface area (Å²) in [7, 11) is 0. The van der Waals surface area contributed by atoms with Gasteiger partial charge in [-0.2, -0.15) is 0 Å². The van der Waals surface area contributed by atoms with Crippen LogP contribution in [-0.2, 0) is 33.5 Å². The van der Waals surface area contributed by atoms with Crippen LogP contribution in [0.4, 0.5) is 4.79 Å². The molecule has 0 bridgehead atoms. The maximum Gasteiger partial charge on any atom is 0.407 e. The molecule has 4 rings (SSSR count). The van der Waals surface area contributed by atoms with Crippen LogP contribution in [0.5, 0.6) is 0 Å². The van der Waals surface area contributed by atoms with Crippen LogP contribution in [0.3, 0.4) is 0 Å². The second-order valence-corrected chi connectivity index (χ2v) is 13.2. The van der Waals surface area contributed by atoms with Gasteiger partial charge in [0.05, 0.1) is 19.2 Å². The molecule has 2 heterocycles. The topological polar surface area (TPSA) is 200 Å². The number of ketones is 1. The van der Waals surface area contributed by atoms with Crippen molar-refractivity contribution in [2.75, 3.05) is 19.7 Å². The van der Waals surface area contributed by atoms with Crippen molar-refractivity contribution in [3.8, 4) is 0 Å². The van der Waals surface area contributed by atoms with Crippen molar-refractivity contribution >= 4 is 41.5 Å². The number of ether oxygens (including phenoxy) is 1. The molecule has 5 N–H and O–H groups in total. The monoisotopic (exact) mass is 667 g/mol. The number of amides is 5. The molecule has 48 heavy (non-hydrogen) atoms. The van der Waals surface area contributed by atoms with E-state index in [0.29, 0.717) is 37.7 Å². The third-order valence-electron chi connectivity index (χ3n) is 8.86. The number of carboxylic acid groups (broad SMARTS) is 1. The summed E-state index contributed by atoms with van der Waals surface area (Å²) in [6.07, 6.45) is 7.21. The lowest BCUT2D eigenvalue weighted by Crippen LogP contribution is -2.57. The fraction of sp³-hybridized carbons (Fsp3) is 0.559. The van der Waals surface area contributed by atoms with Crippen LogP contribution in [0.15, 0.2) is 42.5 Å². The molecule has 14 heteroatoms. The van der Waals surface area contributed by atoms with Gasteiger partial charge in [0.25, 0.3) is 5.91 Å². The Labute approximate surface area is 279 Å². The molecule has 1 aromatic carbocycles. The van der Waals surface area contributed by atoms with E-state index in [1.807, 2.05) is 26.0 Å². The Morgan fingerprint density at radius 2 is 1.79 bits per heavy atom. The summed E-state index contributed by atoms with van der Waals surface area (Å²) in [6, 6.07) is 3.64. The summed E-state index contributed by atoms with van der Waals surface area (Å²) in [5.74, 6) is -5.06. The van der Waals surface area contributed by atoms with Crippen LogP contribution in [-0.4, -0.2) is 89.3 Å². The highest BCUT2D eigenvalue weighted by Crippen LogP contribution is 2.53. The third-order valence-corrected chi connectivity index (χ3v) is 8.86. The van der Waals surface area contributed by atoms with Crippen molar-refractivity contribution in [3.63, 3.8) is 0 Å². The molecule has 1 unspecified atom stereocenters.